The van der Waals surface area contributed by atoms with Crippen LogP contribution >= 0.6 is 11.6 Å². The van der Waals surface area contributed by atoms with Gasteiger partial charge in [0.25, 0.3) is 11.8 Å². The molecule has 0 aliphatic rings. The molecular formula is C24H21ClN4O4. The van der Waals surface area contributed by atoms with Crippen molar-refractivity contribution in [1.29, 1.82) is 0 Å². The number of rotatable bonds is 8. The van der Waals surface area contributed by atoms with Crippen LogP contribution in [0.5, 0.6) is 5.75 Å². The van der Waals surface area contributed by atoms with Crippen molar-refractivity contribution in [2.75, 3.05) is 10.6 Å². The molecule has 9 heteroatoms. The fraction of sp³-hybridized carbons (Fsp3) is 0.125. The Morgan fingerprint density at radius 2 is 1.85 bits per heavy atom. The number of furan rings is 1. The second-order valence-electron chi connectivity index (χ2n) is 7.03. The van der Waals surface area contributed by atoms with Crippen molar-refractivity contribution in [3.8, 4) is 5.75 Å². The number of aromatic nitrogens is 2. The molecular weight excluding hydrogens is 444 g/mol. The Balaban J connectivity index is 1.44. The van der Waals surface area contributed by atoms with E-state index in [0.29, 0.717) is 28.8 Å². The summed E-state index contributed by atoms with van der Waals surface area (Å²) in [6.45, 7) is 2.55. The number of halogens is 1. The van der Waals surface area contributed by atoms with Gasteiger partial charge in [0.1, 0.15) is 18.1 Å². The third-order valence-electron chi connectivity index (χ3n) is 4.64. The second kappa shape index (κ2) is 10.1. The van der Waals surface area contributed by atoms with Crippen LogP contribution in [-0.4, -0.2) is 21.6 Å². The zero-order valence-electron chi connectivity index (χ0n) is 17.7. The fourth-order valence-electron chi connectivity index (χ4n) is 3.03. The summed E-state index contributed by atoms with van der Waals surface area (Å²) in [6.07, 6.45) is 1.60. The molecule has 168 valence electrons. The first-order chi connectivity index (χ1) is 16.0. The van der Waals surface area contributed by atoms with Crippen molar-refractivity contribution in [1.82, 2.24) is 9.78 Å². The minimum absolute atomic E-state index is 0.0818. The molecule has 0 saturated heterocycles. The average Bonchev–Trinajstić information content (AvgIpc) is 3.46. The highest BCUT2D eigenvalue weighted by molar-refractivity contribution is 6.30. The number of amides is 2. The Kier molecular flexibility index (Phi) is 6.75. The van der Waals surface area contributed by atoms with Crippen LogP contribution in [0.3, 0.4) is 0 Å². The lowest BCUT2D eigenvalue weighted by Gasteiger charge is -2.06. The Morgan fingerprint density at radius 1 is 1.03 bits per heavy atom. The maximum atomic E-state index is 12.7. The maximum absolute atomic E-state index is 12.7. The van der Waals surface area contributed by atoms with E-state index in [-0.39, 0.29) is 23.7 Å². The molecule has 0 unspecified atom stereocenters. The molecule has 2 amide bonds. The Hall–Kier alpha value is -4.04. The molecule has 4 rings (SSSR count). The molecule has 2 N–H and O–H groups in total. The van der Waals surface area contributed by atoms with Gasteiger partial charge >= 0.3 is 0 Å². The van der Waals surface area contributed by atoms with Gasteiger partial charge in [-0.3, -0.25) is 14.3 Å². The monoisotopic (exact) mass is 464 g/mol. The van der Waals surface area contributed by atoms with Gasteiger partial charge in [-0.15, -0.1) is 0 Å². The molecule has 8 nitrogen and oxygen atoms in total. The van der Waals surface area contributed by atoms with Gasteiger partial charge in [0.15, 0.2) is 11.5 Å². The first kappa shape index (κ1) is 22.2. The molecule has 0 bridgehead atoms. The van der Waals surface area contributed by atoms with E-state index in [4.69, 9.17) is 20.8 Å². The molecule has 0 fully saturated rings. The number of nitrogens with zero attached hydrogens (tertiary/aromatic N) is 2. The number of benzene rings is 2. The summed E-state index contributed by atoms with van der Waals surface area (Å²) < 4.78 is 12.8. The van der Waals surface area contributed by atoms with Crippen LogP contribution < -0.4 is 15.4 Å². The first-order valence-corrected chi connectivity index (χ1v) is 10.6. The van der Waals surface area contributed by atoms with E-state index in [1.807, 2.05) is 25.1 Å². The van der Waals surface area contributed by atoms with E-state index >= 15 is 0 Å². The lowest BCUT2D eigenvalue weighted by atomic mass is 10.3. The smallest absolute Gasteiger partial charge is 0.291 e. The van der Waals surface area contributed by atoms with Crippen molar-refractivity contribution in [3.05, 3.63) is 95.2 Å². The Bertz CT molecular complexity index is 1270. The molecule has 0 saturated carbocycles. The number of hydrogen-bond donors (Lipinski definition) is 2. The van der Waals surface area contributed by atoms with Crippen molar-refractivity contribution >= 4 is 34.8 Å². The zero-order chi connectivity index (χ0) is 23.2. The standard InChI is InChI=1S/C24H21ClN4O4/c1-2-29-14-20(22(28-29)24(31)26-17-8-4-3-5-9-17)27-23(30)21-12-11-19(33-21)15-32-18-10-6-7-16(25)13-18/h3-14H,2,15H2,1H3,(H,26,31)(H,27,30). The molecule has 33 heavy (non-hydrogen) atoms. The number of nitrogens with one attached hydrogen (secondary N) is 2. The average molecular weight is 465 g/mol. The first-order valence-electron chi connectivity index (χ1n) is 10.2. The van der Waals surface area contributed by atoms with Crippen molar-refractivity contribution < 1.29 is 18.7 Å². The highest BCUT2D eigenvalue weighted by Crippen LogP contribution is 2.21. The number of carbonyl (C=O) groups is 2. The minimum Gasteiger partial charge on any atom is -0.486 e. The van der Waals surface area contributed by atoms with Crippen LogP contribution in [0.25, 0.3) is 0 Å². The number of hydrogen-bond acceptors (Lipinski definition) is 5. The highest BCUT2D eigenvalue weighted by atomic mass is 35.5. The van der Waals surface area contributed by atoms with Crippen molar-refractivity contribution in [3.63, 3.8) is 0 Å². The lowest BCUT2D eigenvalue weighted by molar-refractivity contribution is 0.0992. The van der Waals surface area contributed by atoms with Gasteiger partial charge in [-0.2, -0.15) is 5.10 Å². The van der Waals surface area contributed by atoms with E-state index in [1.54, 1.807) is 59.4 Å². The summed E-state index contributed by atoms with van der Waals surface area (Å²) in [6, 6.07) is 19.2. The van der Waals surface area contributed by atoms with E-state index in [2.05, 4.69) is 15.7 Å². The quantitative estimate of drug-likeness (QED) is 0.372. The maximum Gasteiger partial charge on any atom is 0.291 e. The Labute approximate surface area is 195 Å². The largest absolute Gasteiger partial charge is 0.486 e. The number of para-hydroxylation sites is 1. The molecule has 2 aromatic carbocycles. The van der Waals surface area contributed by atoms with Gasteiger partial charge in [0, 0.05) is 23.5 Å². The molecule has 0 atom stereocenters. The predicted molar refractivity (Wildman–Crippen MR) is 125 cm³/mol. The fourth-order valence-corrected chi connectivity index (χ4v) is 3.21. The molecule has 0 aliphatic carbocycles. The third-order valence-corrected chi connectivity index (χ3v) is 4.88. The van der Waals surface area contributed by atoms with Crippen LogP contribution in [0.2, 0.25) is 5.02 Å². The SMILES string of the molecule is CCn1cc(NC(=O)c2ccc(COc3cccc(Cl)c3)o2)c(C(=O)Nc2ccccc2)n1. The summed E-state index contributed by atoms with van der Waals surface area (Å²) in [5, 5.41) is 10.3. The van der Waals surface area contributed by atoms with Gasteiger partial charge < -0.3 is 19.8 Å². The molecule has 0 radical (unpaired) electrons. The zero-order valence-corrected chi connectivity index (χ0v) is 18.5. The van der Waals surface area contributed by atoms with Gasteiger partial charge in [-0.1, -0.05) is 35.9 Å². The van der Waals surface area contributed by atoms with Crippen LogP contribution in [0.15, 0.2) is 77.3 Å². The topological polar surface area (TPSA) is 98.4 Å². The van der Waals surface area contributed by atoms with Crippen LogP contribution in [-0.2, 0) is 13.2 Å². The summed E-state index contributed by atoms with van der Waals surface area (Å²) in [7, 11) is 0. The molecule has 2 heterocycles. The predicted octanol–water partition coefficient (Wildman–Crippen LogP) is 5.23. The minimum atomic E-state index is -0.506. The van der Waals surface area contributed by atoms with Crippen molar-refractivity contribution in [2.45, 2.75) is 20.1 Å². The van der Waals surface area contributed by atoms with Crippen LogP contribution in [0.4, 0.5) is 11.4 Å². The van der Waals surface area contributed by atoms with Gasteiger partial charge in [0.2, 0.25) is 0 Å². The van der Waals surface area contributed by atoms with E-state index in [1.165, 1.54) is 0 Å². The summed E-state index contributed by atoms with van der Waals surface area (Å²) in [5.41, 5.74) is 1.01. The van der Waals surface area contributed by atoms with Gasteiger partial charge in [-0.05, 0) is 49.4 Å². The third kappa shape index (κ3) is 5.61. The van der Waals surface area contributed by atoms with E-state index < -0.39 is 11.8 Å². The molecule has 0 spiro atoms. The van der Waals surface area contributed by atoms with Gasteiger partial charge in [0.05, 0.1) is 5.69 Å². The molecule has 0 aliphatic heterocycles. The summed E-state index contributed by atoms with van der Waals surface area (Å²) in [4.78, 5) is 25.5. The second-order valence-corrected chi connectivity index (χ2v) is 7.47. The van der Waals surface area contributed by atoms with Crippen LogP contribution in [0.1, 0.15) is 33.7 Å². The van der Waals surface area contributed by atoms with Crippen molar-refractivity contribution in [2.24, 2.45) is 0 Å². The molecule has 2 aromatic heterocycles. The summed E-state index contributed by atoms with van der Waals surface area (Å²) >= 11 is 5.95. The normalized spacial score (nSPS) is 10.6. The number of aryl methyl sites for hydroxylation is 1. The Morgan fingerprint density at radius 3 is 2.61 bits per heavy atom. The highest BCUT2D eigenvalue weighted by Gasteiger charge is 2.21. The lowest BCUT2D eigenvalue weighted by Crippen LogP contribution is -2.17. The molecule has 4 aromatic rings. The van der Waals surface area contributed by atoms with E-state index in [0.717, 1.165) is 0 Å². The number of carbonyl (C=O) groups excluding carboxylic acids is 2. The number of ether oxygens (including phenoxy) is 1. The van der Waals surface area contributed by atoms with Crippen LogP contribution in [0, 0.1) is 0 Å². The summed E-state index contributed by atoms with van der Waals surface area (Å²) in [5.74, 6) is 0.197. The van der Waals surface area contributed by atoms with Gasteiger partial charge in [-0.25, -0.2) is 0 Å². The van der Waals surface area contributed by atoms with E-state index in [9.17, 15) is 9.59 Å². The number of anilines is 2.